The van der Waals surface area contributed by atoms with Crippen molar-refractivity contribution in [2.45, 2.75) is 19.3 Å². The molecule has 2 rings (SSSR count). The van der Waals surface area contributed by atoms with Crippen LogP contribution in [0.3, 0.4) is 0 Å². The van der Waals surface area contributed by atoms with E-state index in [0.29, 0.717) is 17.9 Å². The Kier molecular flexibility index (Phi) is 5.79. The van der Waals surface area contributed by atoms with Crippen LogP contribution in [0.15, 0.2) is 42.2 Å². The van der Waals surface area contributed by atoms with Gasteiger partial charge < -0.3 is 10.2 Å². The summed E-state index contributed by atoms with van der Waals surface area (Å²) in [5.41, 5.74) is 2.03. The normalized spacial score (nSPS) is 12.4. The second-order valence-corrected chi connectivity index (χ2v) is 8.07. The van der Waals surface area contributed by atoms with E-state index in [-0.39, 0.29) is 17.4 Å². The molecule has 0 heterocycles. The predicted octanol–water partition coefficient (Wildman–Crippen LogP) is 6.49. The summed E-state index contributed by atoms with van der Waals surface area (Å²) in [6.45, 7) is 2.08. The molecule has 21 heavy (non-hydrogen) atoms. The van der Waals surface area contributed by atoms with Gasteiger partial charge in [-0.15, -0.1) is 0 Å². The van der Waals surface area contributed by atoms with Crippen LogP contribution in [-0.2, 0) is 6.42 Å². The summed E-state index contributed by atoms with van der Waals surface area (Å²) in [6, 6.07) is 7.61. The molecule has 0 aromatic heterocycles. The molecule has 2 aromatic carbocycles. The van der Waals surface area contributed by atoms with Crippen LogP contribution < -0.4 is 0 Å². The Hall–Kier alpha value is -0.0400. The molecule has 0 spiro atoms. The Bertz CT molecular complexity index is 686. The predicted molar refractivity (Wildman–Crippen MR) is 99.1 cm³/mol. The molecule has 2 N–H and O–H groups in total. The van der Waals surface area contributed by atoms with Crippen LogP contribution in [0.25, 0.3) is 0 Å². The van der Waals surface area contributed by atoms with Crippen molar-refractivity contribution in [1.29, 1.82) is 0 Å². The zero-order chi connectivity index (χ0) is 15.7. The van der Waals surface area contributed by atoms with Crippen LogP contribution in [-0.4, -0.2) is 10.2 Å². The van der Waals surface area contributed by atoms with Crippen molar-refractivity contribution in [3.05, 3.63) is 53.3 Å². The Morgan fingerprint density at radius 1 is 0.857 bits per heavy atom. The molecule has 0 amide bonds. The number of hydrogen-bond acceptors (Lipinski definition) is 2. The molecule has 0 radical (unpaired) electrons. The van der Waals surface area contributed by atoms with Crippen molar-refractivity contribution in [2.24, 2.45) is 0 Å². The molecular weight excluding hydrogens is 532 g/mol. The van der Waals surface area contributed by atoms with Gasteiger partial charge in [-0.05, 0) is 99.3 Å². The third kappa shape index (κ3) is 3.66. The van der Waals surface area contributed by atoms with Crippen LogP contribution in [0.1, 0.15) is 24.0 Å². The third-order valence-corrected chi connectivity index (χ3v) is 6.30. The summed E-state index contributed by atoms with van der Waals surface area (Å²) in [6.07, 6.45) is 0.737. The third-order valence-electron chi connectivity index (χ3n) is 3.30. The molecule has 1 unspecified atom stereocenters. The fraction of sp³-hybridized carbons (Fsp3) is 0.200. The Labute approximate surface area is 157 Å². The fourth-order valence-electron chi connectivity index (χ4n) is 2.12. The first-order valence-corrected chi connectivity index (χ1v) is 9.32. The van der Waals surface area contributed by atoms with Crippen molar-refractivity contribution in [2.75, 3.05) is 0 Å². The van der Waals surface area contributed by atoms with Crippen LogP contribution in [0.4, 0.5) is 0 Å². The van der Waals surface area contributed by atoms with E-state index in [1.165, 1.54) is 0 Å². The van der Waals surface area contributed by atoms with Crippen LogP contribution in [0.2, 0.25) is 0 Å². The first-order valence-electron chi connectivity index (χ1n) is 6.15. The number of benzene rings is 2. The van der Waals surface area contributed by atoms with Crippen LogP contribution >= 0.6 is 63.7 Å². The van der Waals surface area contributed by atoms with Crippen molar-refractivity contribution < 1.29 is 10.2 Å². The molecule has 0 saturated heterocycles. The SMILES string of the molecule is CC(Cc1ccc(Br)c(O)c1Br)c1ccc(Br)c(O)c1Br. The average Bonchev–Trinajstić information content (AvgIpc) is 2.45. The smallest absolute Gasteiger partial charge is 0.144 e. The van der Waals surface area contributed by atoms with Gasteiger partial charge in [0.25, 0.3) is 0 Å². The van der Waals surface area contributed by atoms with Gasteiger partial charge in [-0.1, -0.05) is 19.1 Å². The minimum atomic E-state index is 0.176. The van der Waals surface area contributed by atoms with Crippen molar-refractivity contribution >= 4 is 63.7 Å². The summed E-state index contributed by atoms with van der Waals surface area (Å²) in [5, 5.41) is 19.9. The maximum Gasteiger partial charge on any atom is 0.144 e. The molecule has 0 aliphatic heterocycles. The summed E-state index contributed by atoms with van der Waals surface area (Å²) in [7, 11) is 0. The van der Waals surface area contributed by atoms with Crippen molar-refractivity contribution in [3.63, 3.8) is 0 Å². The van der Waals surface area contributed by atoms with Crippen LogP contribution in [0.5, 0.6) is 11.5 Å². The summed E-state index contributed by atoms with van der Waals surface area (Å²) < 4.78 is 2.71. The second kappa shape index (κ2) is 7.02. The molecule has 0 aliphatic carbocycles. The monoisotopic (exact) mass is 540 g/mol. The van der Waals surface area contributed by atoms with Gasteiger partial charge >= 0.3 is 0 Å². The van der Waals surface area contributed by atoms with Gasteiger partial charge in [0.2, 0.25) is 0 Å². The molecule has 6 heteroatoms. The number of phenols is 2. The lowest BCUT2D eigenvalue weighted by Crippen LogP contribution is -2.01. The Morgan fingerprint density at radius 3 is 2.00 bits per heavy atom. The Balaban J connectivity index is 2.33. The largest absolute Gasteiger partial charge is 0.506 e. The number of aromatic hydroxyl groups is 2. The number of halogens is 4. The standard InChI is InChI=1S/C15H12Br4O2/c1-7(9-3-5-11(17)15(21)13(9)19)6-8-2-4-10(16)14(20)12(8)18/h2-5,7,20-21H,6H2,1H3. The molecular formula is C15H12Br4O2. The molecule has 0 saturated carbocycles. The number of hydrogen-bond donors (Lipinski definition) is 2. The Morgan fingerprint density at radius 2 is 1.38 bits per heavy atom. The first-order chi connectivity index (χ1) is 9.82. The molecule has 2 aromatic rings. The lowest BCUT2D eigenvalue weighted by molar-refractivity contribution is 0.465. The van der Waals surface area contributed by atoms with Gasteiger partial charge in [-0.3, -0.25) is 0 Å². The van der Waals surface area contributed by atoms with E-state index in [1.807, 2.05) is 24.3 Å². The quantitative estimate of drug-likeness (QED) is 0.464. The maximum absolute atomic E-state index is 9.99. The molecule has 112 valence electrons. The lowest BCUT2D eigenvalue weighted by atomic mass is 9.93. The summed E-state index contributed by atoms with van der Waals surface area (Å²) >= 11 is 13.5. The minimum absolute atomic E-state index is 0.176. The van der Waals surface area contributed by atoms with E-state index in [0.717, 1.165) is 17.5 Å². The van der Waals surface area contributed by atoms with Gasteiger partial charge in [0, 0.05) is 0 Å². The van der Waals surface area contributed by atoms with Crippen molar-refractivity contribution in [1.82, 2.24) is 0 Å². The molecule has 2 nitrogen and oxygen atoms in total. The van der Waals surface area contributed by atoms with Crippen molar-refractivity contribution in [3.8, 4) is 11.5 Å². The second-order valence-electron chi connectivity index (χ2n) is 4.77. The van der Waals surface area contributed by atoms with Gasteiger partial charge in [0.15, 0.2) is 0 Å². The van der Waals surface area contributed by atoms with E-state index in [4.69, 9.17) is 0 Å². The summed E-state index contributed by atoms with van der Waals surface area (Å²) in [4.78, 5) is 0. The van der Waals surface area contributed by atoms with Gasteiger partial charge in [-0.2, -0.15) is 0 Å². The zero-order valence-electron chi connectivity index (χ0n) is 11.0. The maximum atomic E-state index is 9.99. The molecule has 0 fully saturated rings. The van der Waals surface area contributed by atoms with Crippen LogP contribution in [0, 0.1) is 0 Å². The lowest BCUT2D eigenvalue weighted by Gasteiger charge is -2.17. The highest BCUT2D eigenvalue weighted by Crippen LogP contribution is 2.41. The molecule has 0 aliphatic rings. The van der Waals surface area contributed by atoms with Gasteiger partial charge in [-0.25, -0.2) is 0 Å². The van der Waals surface area contributed by atoms with E-state index in [9.17, 15) is 10.2 Å². The molecule has 0 bridgehead atoms. The number of phenolic OH excluding ortho intramolecular Hbond substituents is 2. The molecule has 1 atom stereocenters. The fourth-order valence-corrected chi connectivity index (χ4v) is 4.55. The van der Waals surface area contributed by atoms with E-state index >= 15 is 0 Å². The topological polar surface area (TPSA) is 40.5 Å². The summed E-state index contributed by atoms with van der Waals surface area (Å²) in [5.74, 6) is 0.588. The highest BCUT2D eigenvalue weighted by Gasteiger charge is 2.17. The van der Waals surface area contributed by atoms with E-state index in [2.05, 4.69) is 70.6 Å². The van der Waals surface area contributed by atoms with E-state index < -0.39 is 0 Å². The number of rotatable bonds is 3. The van der Waals surface area contributed by atoms with E-state index in [1.54, 1.807) is 0 Å². The zero-order valence-corrected chi connectivity index (χ0v) is 17.3. The average molecular weight is 544 g/mol. The van der Waals surface area contributed by atoms with Gasteiger partial charge in [0.05, 0.1) is 17.9 Å². The minimum Gasteiger partial charge on any atom is -0.506 e. The highest BCUT2D eigenvalue weighted by atomic mass is 79.9. The highest BCUT2D eigenvalue weighted by molar-refractivity contribution is 9.11. The van der Waals surface area contributed by atoms with Gasteiger partial charge in [0.1, 0.15) is 11.5 Å². The first kappa shape index (κ1) is 17.3.